The van der Waals surface area contributed by atoms with E-state index in [1.807, 2.05) is 18.2 Å². The maximum absolute atomic E-state index is 13.0. The van der Waals surface area contributed by atoms with Crippen molar-refractivity contribution in [2.24, 2.45) is 5.92 Å². The second-order valence-electron chi connectivity index (χ2n) is 6.82. The number of benzene rings is 2. The maximum atomic E-state index is 13.0. The van der Waals surface area contributed by atoms with E-state index in [1.54, 1.807) is 34.1 Å². The molecule has 1 fully saturated rings. The van der Waals surface area contributed by atoms with Gasteiger partial charge in [-0.3, -0.25) is 9.59 Å². The van der Waals surface area contributed by atoms with Gasteiger partial charge in [-0.25, -0.2) is 0 Å². The predicted octanol–water partition coefficient (Wildman–Crippen LogP) is 2.98. The van der Waals surface area contributed by atoms with Crippen molar-refractivity contribution in [2.75, 3.05) is 18.0 Å². The lowest BCUT2D eigenvalue weighted by atomic mass is 9.97. The molecule has 2 aromatic carbocycles. The lowest BCUT2D eigenvalue weighted by molar-refractivity contribution is -0.136. The highest BCUT2D eigenvalue weighted by Crippen LogP contribution is 2.32. The van der Waals surface area contributed by atoms with Crippen LogP contribution >= 0.6 is 11.6 Å². The summed E-state index contributed by atoms with van der Waals surface area (Å²) in [7, 11) is 0. The maximum Gasteiger partial charge on any atom is 0.228 e. The zero-order chi connectivity index (χ0) is 18.3. The number of phenols is 1. The molecule has 5 nitrogen and oxygen atoms in total. The second-order valence-corrected chi connectivity index (χ2v) is 7.23. The lowest BCUT2D eigenvalue weighted by Gasteiger charge is -2.31. The van der Waals surface area contributed by atoms with E-state index in [2.05, 4.69) is 0 Å². The van der Waals surface area contributed by atoms with Gasteiger partial charge in [-0.05, 0) is 41.8 Å². The molecule has 0 aliphatic carbocycles. The van der Waals surface area contributed by atoms with Crippen LogP contribution in [0.4, 0.5) is 5.69 Å². The lowest BCUT2D eigenvalue weighted by Crippen LogP contribution is -2.40. The van der Waals surface area contributed by atoms with Crippen LogP contribution in [0.3, 0.4) is 0 Å². The highest BCUT2D eigenvalue weighted by atomic mass is 35.5. The summed E-state index contributed by atoms with van der Waals surface area (Å²) < 4.78 is 0. The number of hydrogen-bond donors (Lipinski definition) is 1. The third-order valence-electron chi connectivity index (χ3n) is 5.13. The third-order valence-corrected chi connectivity index (χ3v) is 5.45. The average molecular weight is 371 g/mol. The number of rotatable bonds is 2. The van der Waals surface area contributed by atoms with Crippen LogP contribution in [0.15, 0.2) is 42.5 Å². The van der Waals surface area contributed by atoms with Crippen molar-refractivity contribution in [3.63, 3.8) is 0 Å². The number of anilines is 1. The van der Waals surface area contributed by atoms with Crippen LogP contribution < -0.4 is 4.90 Å². The molecule has 0 bridgehead atoms. The monoisotopic (exact) mass is 370 g/mol. The van der Waals surface area contributed by atoms with Gasteiger partial charge in [-0.1, -0.05) is 29.8 Å². The molecule has 0 radical (unpaired) electrons. The average Bonchev–Trinajstić information content (AvgIpc) is 3.02. The Bertz CT molecular complexity index is 883. The number of fused-ring (bicyclic) bond motifs is 1. The Hall–Kier alpha value is -2.53. The van der Waals surface area contributed by atoms with E-state index >= 15 is 0 Å². The molecule has 0 aromatic heterocycles. The molecular formula is C20H19ClN2O3. The molecule has 2 heterocycles. The minimum absolute atomic E-state index is 0.0121. The molecular weight excluding hydrogens is 352 g/mol. The fourth-order valence-electron chi connectivity index (χ4n) is 3.77. The van der Waals surface area contributed by atoms with Gasteiger partial charge in [-0.15, -0.1) is 0 Å². The standard InChI is InChI=1S/C20H19ClN2O3/c21-17-3-1-2-4-18(17)23-12-15(10-19(23)25)20(26)22-8-7-13-5-6-16(24)9-14(13)11-22/h1-6,9,15,24H,7-8,10-12H2. The number of carbonyl (C=O) groups is 2. The summed E-state index contributed by atoms with van der Waals surface area (Å²) in [5.74, 6) is -0.245. The third kappa shape index (κ3) is 3.03. The zero-order valence-corrected chi connectivity index (χ0v) is 14.9. The largest absolute Gasteiger partial charge is 0.508 e. The summed E-state index contributed by atoms with van der Waals surface area (Å²) in [5, 5.41) is 10.2. The summed E-state index contributed by atoms with van der Waals surface area (Å²) in [4.78, 5) is 28.8. The number of aromatic hydroxyl groups is 1. The van der Waals surface area contributed by atoms with Crippen molar-refractivity contribution in [3.8, 4) is 5.75 Å². The topological polar surface area (TPSA) is 60.9 Å². The second kappa shape index (κ2) is 6.65. The number of carbonyl (C=O) groups excluding carboxylic acids is 2. The van der Waals surface area contributed by atoms with Gasteiger partial charge in [0.1, 0.15) is 5.75 Å². The molecule has 26 heavy (non-hydrogen) atoms. The SMILES string of the molecule is O=C(C1CC(=O)N(c2ccccc2Cl)C1)N1CCc2ccc(O)cc2C1. The summed E-state index contributed by atoms with van der Waals surface area (Å²) >= 11 is 6.20. The Labute approximate surface area is 156 Å². The number of para-hydroxylation sites is 1. The highest BCUT2D eigenvalue weighted by Gasteiger charge is 2.38. The van der Waals surface area contributed by atoms with Gasteiger partial charge < -0.3 is 14.9 Å². The molecule has 6 heteroatoms. The van der Waals surface area contributed by atoms with Crippen molar-refractivity contribution >= 4 is 29.1 Å². The van der Waals surface area contributed by atoms with E-state index in [9.17, 15) is 14.7 Å². The first kappa shape index (κ1) is 16.9. The molecule has 0 saturated carbocycles. The normalized spacial score (nSPS) is 19.6. The van der Waals surface area contributed by atoms with Gasteiger partial charge in [0.25, 0.3) is 0 Å². The predicted molar refractivity (Wildman–Crippen MR) is 99.1 cm³/mol. The van der Waals surface area contributed by atoms with Crippen LogP contribution in [-0.2, 0) is 22.6 Å². The van der Waals surface area contributed by atoms with E-state index in [-0.39, 0.29) is 29.9 Å². The first-order valence-corrected chi connectivity index (χ1v) is 9.05. The molecule has 4 rings (SSSR count). The highest BCUT2D eigenvalue weighted by molar-refractivity contribution is 6.33. The summed E-state index contributed by atoms with van der Waals surface area (Å²) in [6.07, 6.45) is 0.962. The zero-order valence-electron chi connectivity index (χ0n) is 14.2. The Morgan fingerprint density at radius 2 is 1.96 bits per heavy atom. The molecule has 1 N–H and O–H groups in total. The fourth-order valence-corrected chi connectivity index (χ4v) is 4.00. The minimum atomic E-state index is -0.363. The Balaban J connectivity index is 1.50. The Kier molecular flexibility index (Phi) is 4.32. The van der Waals surface area contributed by atoms with Crippen molar-refractivity contribution in [3.05, 3.63) is 58.6 Å². The van der Waals surface area contributed by atoms with Gasteiger partial charge >= 0.3 is 0 Å². The van der Waals surface area contributed by atoms with Crippen LogP contribution in [0.25, 0.3) is 0 Å². The van der Waals surface area contributed by atoms with Crippen LogP contribution in [0.2, 0.25) is 5.02 Å². The van der Waals surface area contributed by atoms with Crippen LogP contribution in [0, 0.1) is 5.92 Å². The van der Waals surface area contributed by atoms with Crippen LogP contribution in [-0.4, -0.2) is 34.9 Å². The van der Waals surface area contributed by atoms with Gasteiger partial charge in [0, 0.05) is 26.1 Å². The molecule has 2 aliphatic rings. The van der Waals surface area contributed by atoms with E-state index in [0.29, 0.717) is 30.3 Å². The van der Waals surface area contributed by atoms with Crippen molar-refractivity contribution in [2.45, 2.75) is 19.4 Å². The van der Waals surface area contributed by atoms with Crippen molar-refractivity contribution in [1.82, 2.24) is 4.90 Å². The van der Waals surface area contributed by atoms with Crippen molar-refractivity contribution < 1.29 is 14.7 Å². The van der Waals surface area contributed by atoms with Gasteiger partial charge in [0.15, 0.2) is 0 Å². The molecule has 1 atom stereocenters. The van der Waals surface area contributed by atoms with E-state index in [4.69, 9.17) is 11.6 Å². The van der Waals surface area contributed by atoms with Crippen LogP contribution in [0.1, 0.15) is 17.5 Å². The molecule has 2 aliphatic heterocycles. The van der Waals surface area contributed by atoms with Crippen molar-refractivity contribution in [1.29, 1.82) is 0 Å². The van der Waals surface area contributed by atoms with E-state index in [0.717, 1.165) is 17.5 Å². The molecule has 1 unspecified atom stereocenters. The van der Waals surface area contributed by atoms with Gasteiger partial charge in [-0.2, -0.15) is 0 Å². The molecule has 134 valence electrons. The molecule has 2 aromatic rings. The Morgan fingerprint density at radius 3 is 2.77 bits per heavy atom. The summed E-state index contributed by atoms with van der Waals surface area (Å²) in [6.45, 7) is 1.46. The quantitative estimate of drug-likeness (QED) is 0.884. The number of phenolic OH excluding ortho intramolecular Hbond substituents is 1. The van der Waals surface area contributed by atoms with E-state index in [1.165, 1.54) is 0 Å². The molecule has 0 spiro atoms. The van der Waals surface area contributed by atoms with Crippen LogP contribution in [0.5, 0.6) is 5.75 Å². The fraction of sp³-hybridized carbons (Fsp3) is 0.300. The molecule has 2 amide bonds. The molecule has 1 saturated heterocycles. The smallest absolute Gasteiger partial charge is 0.228 e. The van der Waals surface area contributed by atoms with Gasteiger partial charge in [0.2, 0.25) is 11.8 Å². The summed E-state index contributed by atoms with van der Waals surface area (Å²) in [5.41, 5.74) is 2.78. The minimum Gasteiger partial charge on any atom is -0.508 e. The first-order valence-electron chi connectivity index (χ1n) is 8.67. The number of amides is 2. The number of nitrogens with zero attached hydrogens (tertiary/aromatic N) is 2. The Morgan fingerprint density at radius 1 is 1.15 bits per heavy atom. The first-order chi connectivity index (χ1) is 12.5. The summed E-state index contributed by atoms with van der Waals surface area (Å²) in [6, 6.07) is 12.5. The van der Waals surface area contributed by atoms with Gasteiger partial charge in [0.05, 0.1) is 16.6 Å². The van der Waals surface area contributed by atoms with E-state index < -0.39 is 0 Å². The number of halogens is 1. The number of hydrogen-bond acceptors (Lipinski definition) is 3.